The normalized spacial score (nSPS) is 19.4. The summed E-state index contributed by atoms with van der Waals surface area (Å²) in [4.78, 5) is 12.2. The summed E-state index contributed by atoms with van der Waals surface area (Å²) in [5.74, 6) is 0.915. The molecular formula is C13H24BrNO. The van der Waals surface area contributed by atoms with Crippen LogP contribution < -0.4 is 5.32 Å². The van der Waals surface area contributed by atoms with Crippen LogP contribution in [0.2, 0.25) is 0 Å². The zero-order valence-corrected chi connectivity index (χ0v) is 11.9. The van der Waals surface area contributed by atoms with Gasteiger partial charge in [-0.3, -0.25) is 4.79 Å². The molecule has 2 nitrogen and oxygen atoms in total. The van der Waals surface area contributed by atoms with Crippen LogP contribution in [0.5, 0.6) is 0 Å². The van der Waals surface area contributed by atoms with E-state index in [9.17, 15) is 4.79 Å². The van der Waals surface area contributed by atoms with Crippen LogP contribution >= 0.6 is 15.9 Å². The van der Waals surface area contributed by atoms with Gasteiger partial charge in [-0.2, -0.15) is 0 Å². The minimum absolute atomic E-state index is 0.258. The maximum absolute atomic E-state index is 11.6. The minimum Gasteiger partial charge on any atom is -0.356 e. The standard InChI is InChI=1S/C13H24BrNO/c1-11(14)6-5-9-15-13(16)10-12-7-3-2-4-8-12/h11-12H,2-10H2,1H3,(H,15,16). The van der Waals surface area contributed by atoms with Gasteiger partial charge >= 0.3 is 0 Å². The average Bonchev–Trinajstić information content (AvgIpc) is 2.25. The molecule has 1 N–H and O–H groups in total. The van der Waals surface area contributed by atoms with E-state index in [0.717, 1.165) is 25.8 Å². The van der Waals surface area contributed by atoms with E-state index in [1.807, 2.05) is 0 Å². The van der Waals surface area contributed by atoms with Gasteiger partial charge in [0.2, 0.25) is 5.91 Å². The molecule has 1 amide bonds. The Hall–Kier alpha value is -0.0500. The number of amides is 1. The van der Waals surface area contributed by atoms with Gasteiger partial charge in [0.05, 0.1) is 0 Å². The topological polar surface area (TPSA) is 29.1 Å². The van der Waals surface area contributed by atoms with Gasteiger partial charge < -0.3 is 5.32 Å². The molecule has 0 spiro atoms. The first-order chi connectivity index (χ1) is 7.68. The van der Waals surface area contributed by atoms with Crippen LogP contribution in [0, 0.1) is 5.92 Å². The van der Waals surface area contributed by atoms with E-state index in [1.165, 1.54) is 32.1 Å². The highest BCUT2D eigenvalue weighted by Crippen LogP contribution is 2.25. The second kappa shape index (κ2) is 8.10. The summed E-state index contributed by atoms with van der Waals surface area (Å²) in [6, 6.07) is 0. The lowest BCUT2D eigenvalue weighted by atomic mass is 9.87. The maximum atomic E-state index is 11.6. The lowest BCUT2D eigenvalue weighted by Crippen LogP contribution is -2.27. The number of hydrogen-bond acceptors (Lipinski definition) is 1. The molecule has 1 rings (SSSR count). The van der Waals surface area contributed by atoms with Crippen molar-refractivity contribution in [2.24, 2.45) is 5.92 Å². The predicted octanol–water partition coefficient (Wildman–Crippen LogP) is 3.64. The highest BCUT2D eigenvalue weighted by atomic mass is 79.9. The number of hydrogen-bond donors (Lipinski definition) is 1. The van der Waals surface area contributed by atoms with E-state index in [1.54, 1.807) is 0 Å². The van der Waals surface area contributed by atoms with Crippen LogP contribution in [0.1, 0.15) is 58.3 Å². The van der Waals surface area contributed by atoms with E-state index in [4.69, 9.17) is 0 Å². The van der Waals surface area contributed by atoms with Gasteiger partial charge in [0.15, 0.2) is 0 Å². The SMILES string of the molecule is CC(Br)CCCNC(=O)CC1CCCCC1. The van der Waals surface area contributed by atoms with Gasteiger partial charge in [0, 0.05) is 17.8 Å². The predicted molar refractivity (Wildman–Crippen MR) is 71.8 cm³/mol. The zero-order valence-electron chi connectivity index (χ0n) is 10.3. The first-order valence-electron chi connectivity index (χ1n) is 6.59. The van der Waals surface area contributed by atoms with Crippen molar-refractivity contribution in [3.63, 3.8) is 0 Å². The highest BCUT2D eigenvalue weighted by molar-refractivity contribution is 9.09. The summed E-state index contributed by atoms with van der Waals surface area (Å²) < 4.78 is 0. The van der Waals surface area contributed by atoms with Gasteiger partial charge in [0.25, 0.3) is 0 Å². The number of halogens is 1. The number of alkyl halides is 1. The van der Waals surface area contributed by atoms with E-state index in [-0.39, 0.29) is 5.91 Å². The van der Waals surface area contributed by atoms with Crippen LogP contribution in [0.15, 0.2) is 0 Å². The molecular weight excluding hydrogens is 266 g/mol. The first kappa shape index (κ1) is 14.0. The molecule has 0 radical (unpaired) electrons. The van der Waals surface area contributed by atoms with Crippen LogP contribution in [0.25, 0.3) is 0 Å². The molecule has 94 valence electrons. The summed E-state index contributed by atoms with van der Waals surface area (Å²) >= 11 is 3.51. The Labute approximate surface area is 108 Å². The lowest BCUT2D eigenvalue weighted by Gasteiger charge is -2.20. The number of carbonyl (C=O) groups excluding carboxylic acids is 1. The molecule has 0 bridgehead atoms. The Kier molecular flexibility index (Phi) is 7.10. The smallest absolute Gasteiger partial charge is 0.220 e. The first-order valence-corrected chi connectivity index (χ1v) is 7.51. The van der Waals surface area contributed by atoms with Gasteiger partial charge in [-0.15, -0.1) is 0 Å². The van der Waals surface area contributed by atoms with Crippen molar-refractivity contribution in [3.05, 3.63) is 0 Å². The highest BCUT2D eigenvalue weighted by Gasteiger charge is 2.16. The lowest BCUT2D eigenvalue weighted by molar-refractivity contribution is -0.122. The van der Waals surface area contributed by atoms with E-state index in [0.29, 0.717) is 10.7 Å². The summed E-state index contributed by atoms with van der Waals surface area (Å²) in [6.45, 7) is 2.98. The Balaban J connectivity index is 2.01. The van der Waals surface area contributed by atoms with Gasteiger partial charge in [-0.05, 0) is 31.6 Å². The Bertz CT molecular complexity index is 200. The van der Waals surface area contributed by atoms with E-state index in [2.05, 4.69) is 28.2 Å². The van der Waals surface area contributed by atoms with Crippen LogP contribution in [0.4, 0.5) is 0 Å². The van der Waals surface area contributed by atoms with Crippen molar-refractivity contribution < 1.29 is 4.79 Å². The van der Waals surface area contributed by atoms with Crippen LogP contribution in [-0.2, 0) is 4.79 Å². The molecule has 1 atom stereocenters. The number of rotatable bonds is 6. The fourth-order valence-electron chi connectivity index (χ4n) is 2.34. The molecule has 3 heteroatoms. The third kappa shape index (κ3) is 6.51. The van der Waals surface area contributed by atoms with Crippen LogP contribution in [-0.4, -0.2) is 17.3 Å². The molecule has 16 heavy (non-hydrogen) atoms. The molecule has 0 heterocycles. The minimum atomic E-state index is 0.258. The maximum Gasteiger partial charge on any atom is 0.220 e. The molecule has 0 aromatic carbocycles. The quantitative estimate of drug-likeness (QED) is 0.587. The Morgan fingerprint density at radius 3 is 2.69 bits per heavy atom. The van der Waals surface area contributed by atoms with Gasteiger partial charge in [-0.25, -0.2) is 0 Å². The molecule has 1 aliphatic rings. The summed E-state index contributed by atoms with van der Waals surface area (Å²) in [5, 5.41) is 3.03. The Morgan fingerprint density at radius 2 is 2.06 bits per heavy atom. The van der Waals surface area contributed by atoms with Crippen molar-refractivity contribution in [1.82, 2.24) is 5.32 Å². The second-order valence-corrected chi connectivity index (χ2v) is 6.54. The third-order valence-electron chi connectivity index (χ3n) is 3.30. The van der Waals surface area contributed by atoms with Crippen molar-refractivity contribution >= 4 is 21.8 Å². The molecule has 1 saturated carbocycles. The zero-order chi connectivity index (χ0) is 11.8. The summed E-state index contributed by atoms with van der Waals surface area (Å²) in [5.41, 5.74) is 0. The fraction of sp³-hybridized carbons (Fsp3) is 0.923. The van der Waals surface area contributed by atoms with Crippen molar-refractivity contribution in [2.75, 3.05) is 6.54 Å². The largest absolute Gasteiger partial charge is 0.356 e. The molecule has 0 aliphatic heterocycles. The molecule has 0 aromatic rings. The number of carbonyl (C=O) groups is 1. The van der Waals surface area contributed by atoms with Crippen molar-refractivity contribution in [2.45, 2.75) is 63.1 Å². The van der Waals surface area contributed by atoms with Crippen molar-refractivity contribution in [3.8, 4) is 0 Å². The summed E-state index contributed by atoms with van der Waals surface area (Å²) in [7, 11) is 0. The fourth-order valence-corrected chi connectivity index (χ4v) is 2.66. The van der Waals surface area contributed by atoms with Gasteiger partial charge in [0.1, 0.15) is 0 Å². The molecule has 1 unspecified atom stereocenters. The average molecular weight is 290 g/mol. The Morgan fingerprint density at radius 1 is 1.38 bits per heavy atom. The van der Waals surface area contributed by atoms with E-state index < -0.39 is 0 Å². The molecule has 0 saturated heterocycles. The molecule has 1 fully saturated rings. The molecule has 0 aromatic heterocycles. The third-order valence-corrected chi connectivity index (χ3v) is 3.76. The van der Waals surface area contributed by atoms with Crippen LogP contribution in [0.3, 0.4) is 0 Å². The summed E-state index contributed by atoms with van der Waals surface area (Å²) in [6.07, 6.45) is 9.47. The second-order valence-electron chi connectivity index (χ2n) is 4.98. The monoisotopic (exact) mass is 289 g/mol. The number of nitrogens with one attached hydrogen (secondary N) is 1. The van der Waals surface area contributed by atoms with E-state index >= 15 is 0 Å². The van der Waals surface area contributed by atoms with Gasteiger partial charge in [-0.1, -0.05) is 42.1 Å². The molecule has 1 aliphatic carbocycles. The van der Waals surface area contributed by atoms with Crippen molar-refractivity contribution in [1.29, 1.82) is 0 Å².